The third-order valence-electron chi connectivity index (χ3n) is 3.88. The maximum atomic E-state index is 12.0. The molecular weight excluding hydrogens is 326 g/mol. The van der Waals surface area contributed by atoms with Gasteiger partial charge in [0.1, 0.15) is 11.5 Å². The first-order valence-corrected chi connectivity index (χ1v) is 8.99. The fourth-order valence-electron chi connectivity index (χ4n) is 2.41. The number of hydrogen-bond acceptors (Lipinski definition) is 3. The van der Waals surface area contributed by atoms with Gasteiger partial charge < -0.3 is 14.8 Å². The normalized spacial score (nSPS) is 11.3. The summed E-state index contributed by atoms with van der Waals surface area (Å²) in [7, 11) is 0. The van der Waals surface area contributed by atoms with Crippen LogP contribution < -0.4 is 14.8 Å². The lowest BCUT2D eigenvalue weighted by atomic mass is 9.87. The average Bonchev–Trinajstić information content (AvgIpc) is 2.58. The van der Waals surface area contributed by atoms with Crippen LogP contribution in [0.2, 0.25) is 0 Å². The van der Waals surface area contributed by atoms with E-state index in [1.807, 2.05) is 62.4 Å². The molecule has 4 heteroatoms. The van der Waals surface area contributed by atoms with Gasteiger partial charge in [0.25, 0.3) is 5.91 Å². The molecule has 1 amide bonds. The summed E-state index contributed by atoms with van der Waals surface area (Å²) in [6.07, 6.45) is 0.148. The fraction of sp³-hybridized carbons (Fsp3) is 0.409. The molecule has 0 spiro atoms. The molecule has 0 aliphatic heterocycles. The molecule has 2 aromatic rings. The molecule has 140 valence electrons. The molecule has 26 heavy (non-hydrogen) atoms. The number of benzene rings is 2. The second-order valence-electron chi connectivity index (χ2n) is 7.65. The first kappa shape index (κ1) is 19.8. The Labute approximate surface area is 156 Å². The highest BCUT2D eigenvalue weighted by molar-refractivity contribution is 5.77. The summed E-state index contributed by atoms with van der Waals surface area (Å²) in [5.41, 5.74) is 2.36. The fourth-order valence-corrected chi connectivity index (χ4v) is 2.41. The summed E-state index contributed by atoms with van der Waals surface area (Å²) in [5.74, 6) is 1.38. The zero-order valence-electron chi connectivity index (χ0n) is 16.3. The second kappa shape index (κ2) is 8.75. The lowest BCUT2D eigenvalue weighted by Crippen LogP contribution is -2.28. The van der Waals surface area contributed by atoms with Gasteiger partial charge in [-0.15, -0.1) is 0 Å². The third kappa shape index (κ3) is 6.43. The molecule has 0 atom stereocenters. The van der Waals surface area contributed by atoms with Crippen LogP contribution in [-0.2, 0) is 16.8 Å². The molecule has 0 aliphatic rings. The summed E-state index contributed by atoms with van der Waals surface area (Å²) >= 11 is 0. The lowest BCUT2D eigenvalue weighted by molar-refractivity contribution is -0.123. The smallest absolute Gasteiger partial charge is 0.258 e. The van der Waals surface area contributed by atoms with E-state index in [4.69, 9.17) is 9.47 Å². The Kier molecular flexibility index (Phi) is 6.67. The van der Waals surface area contributed by atoms with E-state index in [0.717, 1.165) is 11.3 Å². The van der Waals surface area contributed by atoms with E-state index in [1.54, 1.807) is 0 Å². The highest BCUT2D eigenvalue weighted by Crippen LogP contribution is 2.24. The first-order chi connectivity index (χ1) is 12.2. The minimum atomic E-state index is -0.146. The average molecular weight is 355 g/mol. The largest absolute Gasteiger partial charge is 0.491 e. The van der Waals surface area contributed by atoms with E-state index in [2.05, 4.69) is 26.1 Å². The van der Waals surface area contributed by atoms with Crippen LogP contribution >= 0.6 is 0 Å². The van der Waals surface area contributed by atoms with Crippen LogP contribution in [0.3, 0.4) is 0 Å². The van der Waals surface area contributed by atoms with Crippen molar-refractivity contribution in [3.8, 4) is 11.5 Å². The van der Waals surface area contributed by atoms with Gasteiger partial charge in [-0.05, 0) is 54.7 Å². The molecule has 0 fully saturated rings. The predicted octanol–water partition coefficient (Wildman–Crippen LogP) is 4.47. The molecule has 0 radical (unpaired) electrons. The van der Waals surface area contributed by atoms with Gasteiger partial charge in [0.15, 0.2) is 6.61 Å². The van der Waals surface area contributed by atoms with Crippen LogP contribution in [0, 0.1) is 0 Å². The molecule has 0 bridgehead atoms. The van der Waals surface area contributed by atoms with Crippen molar-refractivity contribution in [2.75, 3.05) is 6.61 Å². The van der Waals surface area contributed by atoms with E-state index >= 15 is 0 Å². The topological polar surface area (TPSA) is 47.6 Å². The first-order valence-electron chi connectivity index (χ1n) is 8.99. The van der Waals surface area contributed by atoms with Gasteiger partial charge in [0.05, 0.1) is 6.10 Å². The van der Waals surface area contributed by atoms with Gasteiger partial charge in [-0.25, -0.2) is 0 Å². The minimum Gasteiger partial charge on any atom is -0.491 e. The number of ether oxygens (including phenoxy) is 2. The number of carbonyl (C=O) groups is 1. The third-order valence-corrected chi connectivity index (χ3v) is 3.88. The molecule has 0 aliphatic carbocycles. The molecular formula is C22H29NO3. The molecule has 2 rings (SSSR count). The van der Waals surface area contributed by atoms with Crippen molar-refractivity contribution in [3.05, 3.63) is 59.7 Å². The standard InChI is InChI=1S/C22H29NO3/c1-16(2)26-20-10-6-17(7-11-20)14-23-21(24)15-25-19-12-8-18(9-13-19)22(3,4)5/h6-13,16H,14-15H2,1-5H3,(H,23,24). The van der Waals surface area contributed by atoms with Gasteiger partial charge in [-0.1, -0.05) is 45.0 Å². The Morgan fingerprint density at radius 1 is 0.962 bits per heavy atom. The van der Waals surface area contributed by atoms with Crippen molar-refractivity contribution in [2.24, 2.45) is 0 Å². The van der Waals surface area contributed by atoms with Crippen molar-refractivity contribution in [2.45, 2.75) is 52.7 Å². The Hall–Kier alpha value is -2.49. The predicted molar refractivity (Wildman–Crippen MR) is 105 cm³/mol. The zero-order valence-corrected chi connectivity index (χ0v) is 16.3. The van der Waals surface area contributed by atoms with Gasteiger partial charge in [-0.3, -0.25) is 4.79 Å². The van der Waals surface area contributed by atoms with E-state index in [9.17, 15) is 4.79 Å². The molecule has 0 saturated carbocycles. The van der Waals surface area contributed by atoms with Crippen LogP contribution in [0.15, 0.2) is 48.5 Å². The Bertz CT molecular complexity index is 698. The number of amides is 1. The van der Waals surface area contributed by atoms with Crippen LogP contribution in [-0.4, -0.2) is 18.6 Å². The number of hydrogen-bond donors (Lipinski definition) is 1. The number of carbonyl (C=O) groups excluding carboxylic acids is 1. The molecule has 4 nitrogen and oxygen atoms in total. The van der Waals surface area contributed by atoms with E-state index < -0.39 is 0 Å². The van der Waals surface area contributed by atoms with E-state index in [0.29, 0.717) is 12.3 Å². The number of nitrogens with one attached hydrogen (secondary N) is 1. The Morgan fingerprint density at radius 2 is 1.54 bits per heavy atom. The zero-order chi connectivity index (χ0) is 19.2. The maximum Gasteiger partial charge on any atom is 0.258 e. The lowest BCUT2D eigenvalue weighted by Gasteiger charge is -2.19. The van der Waals surface area contributed by atoms with E-state index in [-0.39, 0.29) is 24.0 Å². The highest BCUT2D eigenvalue weighted by atomic mass is 16.5. The van der Waals surface area contributed by atoms with Crippen molar-refractivity contribution in [1.29, 1.82) is 0 Å². The minimum absolute atomic E-state index is 0.00338. The van der Waals surface area contributed by atoms with Gasteiger partial charge in [0, 0.05) is 6.54 Å². The Balaban J connectivity index is 1.76. The van der Waals surface area contributed by atoms with E-state index in [1.165, 1.54) is 5.56 Å². The van der Waals surface area contributed by atoms with Gasteiger partial charge in [0.2, 0.25) is 0 Å². The van der Waals surface area contributed by atoms with Crippen LogP contribution in [0.4, 0.5) is 0 Å². The molecule has 2 aromatic carbocycles. The van der Waals surface area contributed by atoms with Crippen LogP contribution in [0.1, 0.15) is 45.7 Å². The molecule has 1 N–H and O–H groups in total. The summed E-state index contributed by atoms with van der Waals surface area (Å²) in [6, 6.07) is 15.6. The maximum absolute atomic E-state index is 12.0. The SMILES string of the molecule is CC(C)Oc1ccc(CNC(=O)COc2ccc(C(C)(C)C)cc2)cc1. The van der Waals surface area contributed by atoms with Gasteiger partial charge in [-0.2, -0.15) is 0 Å². The van der Waals surface area contributed by atoms with Crippen molar-refractivity contribution in [3.63, 3.8) is 0 Å². The van der Waals surface area contributed by atoms with Crippen LogP contribution in [0.25, 0.3) is 0 Å². The van der Waals surface area contributed by atoms with Crippen molar-refractivity contribution < 1.29 is 14.3 Å². The molecule has 0 saturated heterocycles. The highest BCUT2D eigenvalue weighted by Gasteiger charge is 2.13. The number of rotatable bonds is 7. The summed E-state index contributed by atoms with van der Waals surface area (Å²) < 4.78 is 11.2. The van der Waals surface area contributed by atoms with Crippen molar-refractivity contribution >= 4 is 5.91 Å². The Morgan fingerprint density at radius 3 is 2.08 bits per heavy atom. The van der Waals surface area contributed by atoms with Gasteiger partial charge >= 0.3 is 0 Å². The molecule has 0 unspecified atom stereocenters. The summed E-state index contributed by atoms with van der Waals surface area (Å²) in [6.45, 7) is 10.9. The second-order valence-corrected chi connectivity index (χ2v) is 7.65. The quantitative estimate of drug-likeness (QED) is 0.797. The summed E-state index contributed by atoms with van der Waals surface area (Å²) in [5, 5.41) is 2.86. The molecule has 0 heterocycles. The summed E-state index contributed by atoms with van der Waals surface area (Å²) in [4.78, 5) is 12.0. The van der Waals surface area contributed by atoms with Crippen molar-refractivity contribution in [1.82, 2.24) is 5.32 Å². The van der Waals surface area contributed by atoms with Crippen LogP contribution in [0.5, 0.6) is 11.5 Å². The monoisotopic (exact) mass is 355 g/mol. The molecule has 0 aromatic heterocycles.